The van der Waals surface area contributed by atoms with Gasteiger partial charge in [0.05, 0.1) is 12.5 Å². The highest BCUT2D eigenvalue weighted by atomic mass is 16.5. The molecule has 1 saturated carbocycles. The van der Waals surface area contributed by atoms with Gasteiger partial charge in [-0.15, -0.1) is 0 Å². The number of carboxylic acid groups (broad SMARTS) is 1. The maximum atomic E-state index is 11.0. The number of likely N-dealkylation sites (tertiary alicyclic amines) is 1. The summed E-state index contributed by atoms with van der Waals surface area (Å²) < 4.78 is 5.29. The Labute approximate surface area is 96.6 Å². The fourth-order valence-corrected chi connectivity index (χ4v) is 3.12. The van der Waals surface area contributed by atoms with Gasteiger partial charge in [-0.3, -0.25) is 9.69 Å². The van der Waals surface area contributed by atoms with Gasteiger partial charge in [0.25, 0.3) is 0 Å². The topological polar surface area (TPSA) is 49.8 Å². The average Bonchev–Trinajstić information content (AvgIpc) is 2.23. The third-order valence-corrected chi connectivity index (χ3v) is 4.06. The summed E-state index contributed by atoms with van der Waals surface area (Å²) in [6, 6.07) is 0. The Hall–Kier alpha value is -0.610. The molecular formula is C12H21NO3. The van der Waals surface area contributed by atoms with E-state index in [2.05, 4.69) is 4.90 Å². The van der Waals surface area contributed by atoms with Gasteiger partial charge in [0.15, 0.2) is 0 Å². The number of methoxy groups -OCH3 is 1. The van der Waals surface area contributed by atoms with E-state index in [1.165, 1.54) is 19.3 Å². The molecule has 1 heterocycles. The lowest BCUT2D eigenvalue weighted by atomic mass is 9.70. The van der Waals surface area contributed by atoms with Crippen LogP contribution in [0.5, 0.6) is 0 Å². The lowest BCUT2D eigenvalue weighted by Crippen LogP contribution is -2.61. The molecule has 0 aromatic heterocycles. The van der Waals surface area contributed by atoms with E-state index in [1.807, 2.05) is 0 Å². The lowest BCUT2D eigenvalue weighted by molar-refractivity contribution is -0.150. The third-order valence-electron chi connectivity index (χ3n) is 4.06. The molecule has 2 fully saturated rings. The van der Waals surface area contributed by atoms with E-state index in [0.29, 0.717) is 0 Å². The zero-order valence-electron chi connectivity index (χ0n) is 9.95. The minimum Gasteiger partial charge on any atom is -0.481 e. The molecule has 0 aromatic carbocycles. The summed E-state index contributed by atoms with van der Waals surface area (Å²) in [5, 5.41) is 9.04. The first kappa shape index (κ1) is 11.9. The van der Waals surface area contributed by atoms with Gasteiger partial charge in [-0.1, -0.05) is 6.42 Å². The number of carbonyl (C=O) groups is 1. The number of piperidine rings is 1. The Morgan fingerprint density at radius 3 is 2.50 bits per heavy atom. The largest absolute Gasteiger partial charge is 0.481 e. The standard InChI is InChI=1S/C12H21NO3/c1-16-10-7-12(8-10,9-11(14)15)13-5-3-2-4-6-13/h10H,2-9H2,1H3,(H,14,15). The molecule has 0 atom stereocenters. The van der Waals surface area contributed by atoms with E-state index < -0.39 is 5.97 Å². The summed E-state index contributed by atoms with van der Waals surface area (Å²) in [6.07, 6.45) is 6.01. The first-order valence-electron chi connectivity index (χ1n) is 6.16. The second kappa shape index (κ2) is 4.72. The molecule has 0 aromatic rings. The Kier molecular flexibility index (Phi) is 3.50. The van der Waals surface area contributed by atoms with Crippen LogP contribution < -0.4 is 0 Å². The first-order valence-corrected chi connectivity index (χ1v) is 6.16. The van der Waals surface area contributed by atoms with Crippen molar-refractivity contribution in [3.05, 3.63) is 0 Å². The monoisotopic (exact) mass is 227 g/mol. The van der Waals surface area contributed by atoms with E-state index >= 15 is 0 Å². The molecule has 0 spiro atoms. The molecule has 2 rings (SSSR count). The van der Waals surface area contributed by atoms with Gasteiger partial charge in [-0.05, 0) is 38.8 Å². The second-order valence-electron chi connectivity index (χ2n) is 5.11. The van der Waals surface area contributed by atoms with Crippen molar-refractivity contribution in [3.63, 3.8) is 0 Å². The van der Waals surface area contributed by atoms with Crippen molar-refractivity contribution in [2.75, 3.05) is 20.2 Å². The van der Waals surface area contributed by atoms with Crippen LogP contribution in [0, 0.1) is 0 Å². The fourth-order valence-electron chi connectivity index (χ4n) is 3.12. The SMILES string of the molecule is COC1CC(CC(=O)O)(N2CCCCC2)C1. The van der Waals surface area contributed by atoms with Gasteiger partial charge in [-0.2, -0.15) is 0 Å². The Bertz CT molecular complexity index is 255. The maximum absolute atomic E-state index is 11.0. The quantitative estimate of drug-likeness (QED) is 0.790. The highest BCUT2D eigenvalue weighted by Gasteiger charge is 2.50. The Morgan fingerprint density at radius 1 is 1.38 bits per heavy atom. The van der Waals surface area contributed by atoms with Crippen LogP contribution in [0.3, 0.4) is 0 Å². The molecule has 16 heavy (non-hydrogen) atoms. The Morgan fingerprint density at radius 2 is 2.00 bits per heavy atom. The van der Waals surface area contributed by atoms with Crippen molar-refractivity contribution >= 4 is 5.97 Å². The van der Waals surface area contributed by atoms with Crippen LogP contribution in [0.2, 0.25) is 0 Å². The van der Waals surface area contributed by atoms with Gasteiger partial charge in [0.1, 0.15) is 0 Å². The van der Waals surface area contributed by atoms with E-state index in [4.69, 9.17) is 9.84 Å². The van der Waals surface area contributed by atoms with Crippen LogP contribution in [0.25, 0.3) is 0 Å². The van der Waals surface area contributed by atoms with Crippen molar-refractivity contribution in [2.24, 2.45) is 0 Å². The van der Waals surface area contributed by atoms with Crippen molar-refractivity contribution in [1.29, 1.82) is 0 Å². The van der Waals surface area contributed by atoms with Crippen LogP contribution in [0.15, 0.2) is 0 Å². The summed E-state index contributed by atoms with van der Waals surface area (Å²) in [5.41, 5.74) is -0.104. The van der Waals surface area contributed by atoms with E-state index in [-0.39, 0.29) is 18.1 Å². The van der Waals surface area contributed by atoms with Crippen LogP contribution in [0.1, 0.15) is 38.5 Å². The summed E-state index contributed by atoms with van der Waals surface area (Å²) >= 11 is 0. The zero-order chi connectivity index (χ0) is 11.6. The molecule has 1 N–H and O–H groups in total. The highest BCUT2D eigenvalue weighted by Crippen LogP contribution is 2.43. The number of aliphatic carboxylic acids is 1. The molecule has 4 heteroatoms. The van der Waals surface area contributed by atoms with Crippen molar-refractivity contribution in [3.8, 4) is 0 Å². The maximum Gasteiger partial charge on any atom is 0.305 e. The van der Waals surface area contributed by atoms with Gasteiger partial charge in [0, 0.05) is 12.6 Å². The van der Waals surface area contributed by atoms with Gasteiger partial charge in [-0.25, -0.2) is 0 Å². The molecule has 0 unspecified atom stereocenters. The van der Waals surface area contributed by atoms with Crippen LogP contribution in [-0.2, 0) is 9.53 Å². The number of nitrogens with zero attached hydrogens (tertiary/aromatic N) is 1. The van der Waals surface area contributed by atoms with Crippen molar-refractivity contribution in [1.82, 2.24) is 4.90 Å². The van der Waals surface area contributed by atoms with Crippen LogP contribution >= 0.6 is 0 Å². The minimum atomic E-state index is -0.680. The molecule has 92 valence electrons. The molecule has 0 bridgehead atoms. The molecule has 2 aliphatic rings. The summed E-state index contributed by atoms with van der Waals surface area (Å²) in [4.78, 5) is 13.4. The zero-order valence-corrected chi connectivity index (χ0v) is 9.95. The minimum absolute atomic E-state index is 0.104. The molecule has 1 aliphatic heterocycles. The van der Waals surface area contributed by atoms with Crippen LogP contribution in [-0.4, -0.2) is 47.8 Å². The fraction of sp³-hybridized carbons (Fsp3) is 0.917. The molecule has 0 amide bonds. The van der Waals surface area contributed by atoms with Crippen molar-refractivity contribution in [2.45, 2.75) is 50.2 Å². The van der Waals surface area contributed by atoms with E-state index in [0.717, 1.165) is 25.9 Å². The van der Waals surface area contributed by atoms with E-state index in [1.54, 1.807) is 7.11 Å². The molecule has 4 nitrogen and oxygen atoms in total. The normalized spacial score (nSPS) is 35.7. The lowest BCUT2D eigenvalue weighted by Gasteiger charge is -2.54. The van der Waals surface area contributed by atoms with E-state index in [9.17, 15) is 4.79 Å². The molecule has 0 radical (unpaired) electrons. The predicted molar refractivity (Wildman–Crippen MR) is 60.4 cm³/mol. The van der Waals surface area contributed by atoms with Gasteiger partial charge < -0.3 is 9.84 Å². The Balaban J connectivity index is 2.00. The summed E-state index contributed by atoms with van der Waals surface area (Å²) in [5.74, 6) is -0.680. The molecule has 1 aliphatic carbocycles. The smallest absolute Gasteiger partial charge is 0.305 e. The number of carboxylic acids is 1. The highest BCUT2D eigenvalue weighted by molar-refractivity contribution is 5.68. The third kappa shape index (κ3) is 2.23. The average molecular weight is 227 g/mol. The summed E-state index contributed by atoms with van der Waals surface area (Å²) in [7, 11) is 1.71. The molecule has 1 saturated heterocycles. The predicted octanol–water partition coefficient (Wildman–Crippen LogP) is 1.49. The van der Waals surface area contributed by atoms with Gasteiger partial charge >= 0.3 is 5.97 Å². The first-order chi connectivity index (χ1) is 7.66. The number of hydrogen-bond donors (Lipinski definition) is 1. The summed E-state index contributed by atoms with van der Waals surface area (Å²) in [6.45, 7) is 2.12. The van der Waals surface area contributed by atoms with Gasteiger partial charge in [0.2, 0.25) is 0 Å². The number of hydrogen-bond acceptors (Lipinski definition) is 3. The number of rotatable bonds is 4. The van der Waals surface area contributed by atoms with Crippen molar-refractivity contribution < 1.29 is 14.6 Å². The number of ether oxygens (including phenoxy) is 1. The second-order valence-corrected chi connectivity index (χ2v) is 5.11. The molecular weight excluding hydrogens is 206 g/mol. The van der Waals surface area contributed by atoms with Crippen LogP contribution in [0.4, 0.5) is 0 Å².